The third-order valence-electron chi connectivity index (χ3n) is 3.53. The first-order valence-corrected chi connectivity index (χ1v) is 7.74. The normalized spacial score (nSPS) is 10.7. The van der Waals surface area contributed by atoms with E-state index in [1.807, 2.05) is 24.3 Å². The lowest BCUT2D eigenvalue weighted by molar-refractivity contribution is 0.0950. The van der Waals surface area contributed by atoms with Crippen LogP contribution in [0.4, 0.5) is 0 Å². The molecule has 1 heterocycles. The first-order chi connectivity index (χ1) is 12.7. The summed E-state index contributed by atoms with van der Waals surface area (Å²) in [6.45, 7) is 0. The Hall–Kier alpha value is -3.74. The van der Waals surface area contributed by atoms with Gasteiger partial charge in [-0.25, -0.2) is 10.4 Å². The Morgan fingerprint density at radius 3 is 2.54 bits per heavy atom. The number of hydrogen-bond acceptors (Lipinski definition) is 6. The van der Waals surface area contributed by atoms with E-state index in [2.05, 4.69) is 20.5 Å². The monoisotopic (exact) mass is 348 g/mol. The minimum atomic E-state index is -0.470. The number of phenols is 1. The zero-order valence-electron chi connectivity index (χ0n) is 14.0. The first-order valence-electron chi connectivity index (χ1n) is 7.74. The maximum Gasteiger partial charge on any atom is 0.291 e. The van der Waals surface area contributed by atoms with Crippen molar-refractivity contribution < 1.29 is 14.6 Å². The van der Waals surface area contributed by atoms with Crippen molar-refractivity contribution in [1.82, 2.24) is 15.4 Å². The van der Waals surface area contributed by atoms with Gasteiger partial charge in [0.05, 0.1) is 31.4 Å². The van der Waals surface area contributed by atoms with Gasteiger partial charge in [-0.3, -0.25) is 9.78 Å². The number of hydrazone groups is 1. The van der Waals surface area contributed by atoms with Crippen LogP contribution in [0.15, 0.2) is 66.0 Å². The maximum absolute atomic E-state index is 12.2. The molecule has 0 aliphatic rings. The van der Waals surface area contributed by atoms with Gasteiger partial charge in [0.15, 0.2) is 0 Å². The molecule has 7 heteroatoms. The highest BCUT2D eigenvalue weighted by molar-refractivity contribution is 5.93. The second kappa shape index (κ2) is 7.89. The molecule has 0 fully saturated rings. The Bertz CT molecular complexity index is 922. The summed E-state index contributed by atoms with van der Waals surface area (Å²) in [4.78, 5) is 20.6. The third kappa shape index (κ3) is 4.21. The molecule has 0 saturated heterocycles. The van der Waals surface area contributed by atoms with Crippen LogP contribution in [0.2, 0.25) is 0 Å². The summed E-state index contributed by atoms with van der Waals surface area (Å²) in [6, 6.07) is 13.7. The van der Waals surface area contributed by atoms with E-state index in [-0.39, 0.29) is 11.4 Å². The molecule has 3 aromatic rings. The molecule has 26 heavy (non-hydrogen) atoms. The predicted molar refractivity (Wildman–Crippen MR) is 97.2 cm³/mol. The summed E-state index contributed by atoms with van der Waals surface area (Å²) in [5.74, 6) is 0.430. The van der Waals surface area contributed by atoms with Crippen LogP contribution in [-0.2, 0) is 0 Å². The fourth-order valence-electron chi connectivity index (χ4n) is 2.16. The smallest absolute Gasteiger partial charge is 0.291 e. The minimum Gasteiger partial charge on any atom is -0.508 e. The lowest BCUT2D eigenvalue weighted by atomic mass is 10.1. The molecule has 130 valence electrons. The van der Waals surface area contributed by atoms with Gasteiger partial charge in [0, 0.05) is 5.56 Å². The summed E-state index contributed by atoms with van der Waals surface area (Å²) >= 11 is 0. The third-order valence-corrected chi connectivity index (χ3v) is 3.53. The number of benzene rings is 2. The standard InChI is InChI=1S/C19H16N4O3/c1-26-16-8-4-14(5-9-16)17-11-20-12-18(22-17)19(25)23-21-10-13-2-6-15(24)7-3-13/h2-12,24H,1H3,(H,23,25)/b21-10+. The lowest BCUT2D eigenvalue weighted by Gasteiger charge is -2.04. The zero-order valence-corrected chi connectivity index (χ0v) is 14.0. The van der Waals surface area contributed by atoms with Gasteiger partial charge in [0.2, 0.25) is 0 Å². The number of phenolic OH excluding ortho intramolecular Hbond substituents is 1. The predicted octanol–water partition coefficient (Wildman–Crippen LogP) is 2.62. The van der Waals surface area contributed by atoms with Gasteiger partial charge in [-0.15, -0.1) is 0 Å². The van der Waals surface area contributed by atoms with E-state index in [0.717, 1.165) is 16.9 Å². The molecule has 2 aromatic carbocycles. The van der Waals surface area contributed by atoms with Gasteiger partial charge >= 0.3 is 0 Å². The Morgan fingerprint density at radius 2 is 1.85 bits per heavy atom. The van der Waals surface area contributed by atoms with Crippen LogP contribution in [-0.4, -0.2) is 34.3 Å². The quantitative estimate of drug-likeness (QED) is 0.546. The number of ether oxygens (including phenoxy) is 1. The Morgan fingerprint density at radius 1 is 1.12 bits per heavy atom. The molecule has 1 amide bonds. The molecule has 0 atom stereocenters. The summed E-state index contributed by atoms with van der Waals surface area (Å²) in [6.07, 6.45) is 4.43. The van der Waals surface area contributed by atoms with E-state index in [4.69, 9.17) is 4.74 Å². The van der Waals surface area contributed by atoms with Crippen molar-refractivity contribution in [1.29, 1.82) is 0 Å². The number of hydrogen-bond donors (Lipinski definition) is 2. The van der Waals surface area contributed by atoms with E-state index < -0.39 is 5.91 Å². The molecular weight excluding hydrogens is 332 g/mol. The fourth-order valence-corrected chi connectivity index (χ4v) is 2.16. The van der Waals surface area contributed by atoms with Crippen molar-refractivity contribution in [2.45, 2.75) is 0 Å². The molecular formula is C19H16N4O3. The van der Waals surface area contributed by atoms with Crippen molar-refractivity contribution in [3.8, 4) is 22.8 Å². The Labute approximate surface area is 150 Å². The van der Waals surface area contributed by atoms with E-state index in [1.165, 1.54) is 24.5 Å². The molecule has 7 nitrogen and oxygen atoms in total. The highest BCUT2D eigenvalue weighted by Crippen LogP contribution is 2.20. The highest BCUT2D eigenvalue weighted by atomic mass is 16.5. The van der Waals surface area contributed by atoms with Crippen LogP contribution in [0.3, 0.4) is 0 Å². The van der Waals surface area contributed by atoms with Crippen LogP contribution in [0.25, 0.3) is 11.3 Å². The van der Waals surface area contributed by atoms with E-state index in [0.29, 0.717) is 5.69 Å². The number of methoxy groups -OCH3 is 1. The van der Waals surface area contributed by atoms with Crippen LogP contribution in [0.5, 0.6) is 11.5 Å². The highest BCUT2D eigenvalue weighted by Gasteiger charge is 2.09. The SMILES string of the molecule is COc1ccc(-c2cncc(C(=O)N/N=C/c3ccc(O)cc3)n2)cc1. The van der Waals surface area contributed by atoms with Gasteiger partial charge in [-0.2, -0.15) is 5.10 Å². The summed E-state index contributed by atoms with van der Waals surface area (Å²) in [5.41, 5.74) is 4.69. The van der Waals surface area contributed by atoms with Crippen LogP contribution < -0.4 is 10.2 Å². The van der Waals surface area contributed by atoms with E-state index in [1.54, 1.807) is 25.4 Å². The summed E-state index contributed by atoms with van der Waals surface area (Å²) < 4.78 is 5.12. The molecule has 0 spiro atoms. The molecule has 3 rings (SSSR count). The van der Waals surface area contributed by atoms with Gasteiger partial charge in [0.1, 0.15) is 17.2 Å². The number of aromatic hydroxyl groups is 1. The van der Waals surface area contributed by atoms with Crippen molar-refractivity contribution in [3.63, 3.8) is 0 Å². The van der Waals surface area contributed by atoms with Crippen molar-refractivity contribution in [2.75, 3.05) is 7.11 Å². The van der Waals surface area contributed by atoms with Crippen LogP contribution in [0, 0.1) is 0 Å². The van der Waals surface area contributed by atoms with E-state index in [9.17, 15) is 9.90 Å². The molecule has 2 N–H and O–H groups in total. The second-order valence-corrected chi connectivity index (χ2v) is 5.31. The molecule has 1 aromatic heterocycles. The number of carbonyl (C=O) groups is 1. The Balaban J connectivity index is 1.70. The van der Waals surface area contributed by atoms with Crippen LogP contribution in [0.1, 0.15) is 16.1 Å². The number of nitrogens with one attached hydrogen (secondary N) is 1. The molecule has 0 aliphatic carbocycles. The summed E-state index contributed by atoms with van der Waals surface area (Å²) in [7, 11) is 1.60. The van der Waals surface area contributed by atoms with Gasteiger partial charge in [0.25, 0.3) is 5.91 Å². The van der Waals surface area contributed by atoms with E-state index >= 15 is 0 Å². The summed E-state index contributed by atoms with van der Waals surface area (Å²) in [5, 5.41) is 13.1. The molecule has 0 saturated carbocycles. The minimum absolute atomic E-state index is 0.154. The molecule has 0 unspecified atom stereocenters. The van der Waals surface area contributed by atoms with Crippen molar-refractivity contribution in [3.05, 3.63) is 72.2 Å². The largest absolute Gasteiger partial charge is 0.508 e. The zero-order chi connectivity index (χ0) is 18.4. The maximum atomic E-state index is 12.2. The number of nitrogens with zero attached hydrogens (tertiary/aromatic N) is 3. The van der Waals surface area contributed by atoms with Gasteiger partial charge < -0.3 is 9.84 Å². The number of amides is 1. The number of rotatable bonds is 5. The topological polar surface area (TPSA) is 96.7 Å². The Kier molecular flexibility index (Phi) is 5.19. The van der Waals surface area contributed by atoms with Crippen LogP contribution >= 0.6 is 0 Å². The lowest BCUT2D eigenvalue weighted by Crippen LogP contribution is -2.19. The molecule has 0 radical (unpaired) electrons. The first kappa shape index (κ1) is 17.1. The average Bonchev–Trinajstić information content (AvgIpc) is 2.69. The van der Waals surface area contributed by atoms with Crippen molar-refractivity contribution in [2.24, 2.45) is 5.10 Å². The fraction of sp³-hybridized carbons (Fsp3) is 0.0526. The van der Waals surface area contributed by atoms with Gasteiger partial charge in [-0.05, 0) is 54.1 Å². The molecule has 0 aliphatic heterocycles. The molecule has 0 bridgehead atoms. The average molecular weight is 348 g/mol. The number of aromatic nitrogens is 2. The second-order valence-electron chi connectivity index (χ2n) is 5.31. The van der Waals surface area contributed by atoms with Crippen molar-refractivity contribution >= 4 is 12.1 Å². The number of carbonyl (C=O) groups excluding carboxylic acids is 1. The van der Waals surface area contributed by atoms with Gasteiger partial charge in [-0.1, -0.05) is 0 Å².